The van der Waals surface area contributed by atoms with Gasteiger partial charge in [-0.1, -0.05) is 30.3 Å². The summed E-state index contributed by atoms with van der Waals surface area (Å²) in [6.07, 6.45) is 5.31. The summed E-state index contributed by atoms with van der Waals surface area (Å²) < 4.78 is 0. The molecule has 1 saturated heterocycles. The minimum absolute atomic E-state index is 0.0276. The van der Waals surface area contributed by atoms with Crippen LogP contribution in [0.15, 0.2) is 48.8 Å². The Bertz CT molecular complexity index is 759. The molecule has 1 N–H and O–H groups in total. The molecule has 0 aliphatic carbocycles. The van der Waals surface area contributed by atoms with Crippen molar-refractivity contribution in [3.63, 3.8) is 0 Å². The van der Waals surface area contributed by atoms with Crippen LogP contribution in [0.2, 0.25) is 0 Å². The van der Waals surface area contributed by atoms with E-state index >= 15 is 0 Å². The summed E-state index contributed by atoms with van der Waals surface area (Å²) in [5.41, 5.74) is 3.23. The second-order valence-electron chi connectivity index (χ2n) is 6.90. The third kappa shape index (κ3) is 4.28. The molecule has 0 radical (unpaired) electrons. The Morgan fingerprint density at radius 3 is 2.62 bits per heavy atom. The van der Waals surface area contributed by atoms with Gasteiger partial charge in [0, 0.05) is 32.4 Å². The molecular weight excluding hydrogens is 326 g/mol. The Morgan fingerprint density at radius 1 is 1.19 bits per heavy atom. The van der Waals surface area contributed by atoms with Gasteiger partial charge in [0.25, 0.3) is 0 Å². The van der Waals surface area contributed by atoms with Crippen molar-refractivity contribution in [3.8, 4) is 11.1 Å². The first kappa shape index (κ1) is 18.1. The van der Waals surface area contributed by atoms with Gasteiger partial charge in [0.1, 0.15) is 0 Å². The fourth-order valence-corrected chi connectivity index (χ4v) is 3.39. The number of carbonyl (C=O) groups is 2. The number of carbonyl (C=O) groups excluding carboxylic acids is 2. The SMILES string of the molecule is CC(=O)N1CCCC(C(=O)NC(C)c2ccc(-c3cccnc3)cc2)C1. The van der Waals surface area contributed by atoms with Gasteiger partial charge >= 0.3 is 0 Å². The summed E-state index contributed by atoms with van der Waals surface area (Å²) >= 11 is 0. The Hall–Kier alpha value is -2.69. The summed E-state index contributed by atoms with van der Waals surface area (Å²) in [4.78, 5) is 30.0. The average molecular weight is 351 g/mol. The highest BCUT2D eigenvalue weighted by Gasteiger charge is 2.27. The molecule has 0 saturated carbocycles. The van der Waals surface area contributed by atoms with Crippen molar-refractivity contribution in [3.05, 3.63) is 54.4 Å². The number of aromatic nitrogens is 1. The normalized spacial score (nSPS) is 18.2. The van der Waals surface area contributed by atoms with Crippen LogP contribution in [-0.4, -0.2) is 34.8 Å². The van der Waals surface area contributed by atoms with Gasteiger partial charge in [-0.05, 0) is 42.5 Å². The molecule has 2 atom stereocenters. The predicted molar refractivity (Wildman–Crippen MR) is 101 cm³/mol. The Kier molecular flexibility index (Phi) is 5.66. The smallest absolute Gasteiger partial charge is 0.225 e. The Labute approximate surface area is 154 Å². The van der Waals surface area contributed by atoms with Crippen LogP contribution in [0.3, 0.4) is 0 Å². The van der Waals surface area contributed by atoms with Crippen molar-refractivity contribution >= 4 is 11.8 Å². The van der Waals surface area contributed by atoms with E-state index in [0.29, 0.717) is 6.54 Å². The second-order valence-corrected chi connectivity index (χ2v) is 6.90. The number of benzene rings is 1. The van der Waals surface area contributed by atoms with E-state index in [-0.39, 0.29) is 23.8 Å². The summed E-state index contributed by atoms with van der Waals surface area (Å²) in [6, 6.07) is 12.0. The predicted octanol–water partition coefficient (Wildman–Crippen LogP) is 3.18. The monoisotopic (exact) mass is 351 g/mol. The molecule has 2 aromatic rings. The lowest BCUT2D eigenvalue weighted by molar-refractivity contribution is -0.134. The van der Waals surface area contributed by atoms with Crippen molar-refractivity contribution in [1.29, 1.82) is 0 Å². The number of nitrogens with zero attached hydrogens (tertiary/aromatic N) is 2. The summed E-state index contributed by atoms with van der Waals surface area (Å²) in [7, 11) is 0. The van der Waals surface area contributed by atoms with Gasteiger partial charge in [0.05, 0.1) is 12.0 Å². The first-order chi connectivity index (χ1) is 12.5. The van der Waals surface area contributed by atoms with Crippen molar-refractivity contribution in [2.24, 2.45) is 5.92 Å². The second kappa shape index (κ2) is 8.13. The summed E-state index contributed by atoms with van der Waals surface area (Å²) in [6.45, 7) is 4.83. The van der Waals surface area contributed by atoms with Crippen molar-refractivity contribution in [2.75, 3.05) is 13.1 Å². The molecule has 1 aromatic heterocycles. The minimum Gasteiger partial charge on any atom is -0.349 e. The van der Waals surface area contributed by atoms with Crippen molar-refractivity contribution in [2.45, 2.75) is 32.7 Å². The fraction of sp³-hybridized carbons (Fsp3) is 0.381. The van der Waals surface area contributed by atoms with Crippen LogP contribution in [0.1, 0.15) is 38.3 Å². The first-order valence-corrected chi connectivity index (χ1v) is 9.11. The molecule has 5 heteroatoms. The average Bonchev–Trinajstić information content (AvgIpc) is 2.68. The number of pyridine rings is 1. The number of nitrogens with one attached hydrogen (secondary N) is 1. The third-order valence-corrected chi connectivity index (χ3v) is 5.00. The quantitative estimate of drug-likeness (QED) is 0.920. The van der Waals surface area contributed by atoms with Crippen molar-refractivity contribution in [1.82, 2.24) is 15.2 Å². The highest BCUT2D eigenvalue weighted by molar-refractivity contribution is 5.81. The molecule has 0 spiro atoms. The van der Waals surface area contributed by atoms with Crippen LogP contribution in [0.4, 0.5) is 0 Å². The molecule has 1 aromatic carbocycles. The van der Waals surface area contributed by atoms with Gasteiger partial charge < -0.3 is 10.2 Å². The first-order valence-electron chi connectivity index (χ1n) is 9.11. The Balaban J connectivity index is 1.61. The van der Waals surface area contributed by atoms with Crippen molar-refractivity contribution < 1.29 is 9.59 Å². The number of hydrogen-bond donors (Lipinski definition) is 1. The molecule has 0 bridgehead atoms. The zero-order valence-corrected chi connectivity index (χ0v) is 15.3. The van der Waals surface area contributed by atoms with Gasteiger partial charge in [0.15, 0.2) is 0 Å². The summed E-state index contributed by atoms with van der Waals surface area (Å²) in [5.74, 6) is -0.0499. The van der Waals surface area contributed by atoms with E-state index in [0.717, 1.165) is 36.1 Å². The van der Waals surface area contributed by atoms with E-state index < -0.39 is 0 Å². The van der Waals surface area contributed by atoms with Gasteiger partial charge in [-0.25, -0.2) is 0 Å². The van der Waals surface area contributed by atoms with Gasteiger partial charge in [-0.15, -0.1) is 0 Å². The van der Waals surface area contributed by atoms with Crippen LogP contribution in [0.5, 0.6) is 0 Å². The van der Waals surface area contributed by atoms with E-state index in [1.807, 2.05) is 49.5 Å². The zero-order chi connectivity index (χ0) is 18.5. The fourth-order valence-electron chi connectivity index (χ4n) is 3.39. The molecule has 1 aliphatic heterocycles. The van der Waals surface area contributed by atoms with Crippen LogP contribution in [0, 0.1) is 5.92 Å². The third-order valence-electron chi connectivity index (χ3n) is 5.00. The zero-order valence-electron chi connectivity index (χ0n) is 15.3. The minimum atomic E-state index is -0.121. The lowest BCUT2D eigenvalue weighted by atomic mass is 9.96. The van der Waals surface area contributed by atoms with Crippen LogP contribution in [0.25, 0.3) is 11.1 Å². The number of amides is 2. The standard InChI is InChI=1S/C21H25N3O2/c1-15(23-21(26)20-6-4-12-24(14-20)16(2)25)17-7-9-18(10-8-17)19-5-3-11-22-13-19/h3,5,7-11,13,15,20H,4,6,12,14H2,1-2H3,(H,23,26). The maximum atomic E-state index is 12.6. The Morgan fingerprint density at radius 2 is 1.96 bits per heavy atom. The van der Waals surface area contributed by atoms with Crippen LogP contribution in [-0.2, 0) is 9.59 Å². The lowest BCUT2D eigenvalue weighted by Gasteiger charge is -2.32. The van der Waals surface area contributed by atoms with E-state index in [1.165, 1.54) is 0 Å². The summed E-state index contributed by atoms with van der Waals surface area (Å²) in [5, 5.41) is 3.10. The molecular formula is C21H25N3O2. The number of rotatable bonds is 4. The highest BCUT2D eigenvalue weighted by Crippen LogP contribution is 2.22. The molecule has 3 rings (SSSR count). The molecule has 2 amide bonds. The maximum absolute atomic E-state index is 12.6. The molecule has 26 heavy (non-hydrogen) atoms. The molecule has 5 nitrogen and oxygen atoms in total. The number of piperidine rings is 1. The molecule has 136 valence electrons. The van der Waals surface area contributed by atoms with Crippen LogP contribution >= 0.6 is 0 Å². The number of hydrogen-bond acceptors (Lipinski definition) is 3. The van der Waals surface area contributed by atoms with E-state index in [4.69, 9.17) is 0 Å². The van der Waals surface area contributed by atoms with E-state index in [2.05, 4.69) is 10.3 Å². The van der Waals surface area contributed by atoms with E-state index in [9.17, 15) is 9.59 Å². The molecule has 1 aliphatic rings. The molecule has 2 unspecified atom stereocenters. The molecule has 1 fully saturated rings. The molecule has 2 heterocycles. The number of likely N-dealkylation sites (tertiary alicyclic amines) is 1. The van der Waals surface area contributed by atoms with Gasteiger partial charge in [-0.2, -0.15) is 0 Å². The van der Waals surface area contributed by atoms with Crippen LogP contribution < -0.4 is 5.32 Å². The van der Waals surface area contributed by atoms with Gasteiger partial charge in [0.2, 0.25) is 11.8 Å². The highest BCUT2D eigenvalue weighted by atomic mass is 16.2. The lowest BCUT2D eigenvalue weighted by Crippen LogP contribution is -2.45. The van der Waals surface area contributed by atoms with E-state index in [1.54, 1.807) is 18.0 Å². The maximum Gasteiger partial charge on any atom is 0.225 e. The largest absolute Gasteiger partial charge is 0.349 e. The van der Waals surface area contributed by atoms with Gasteiger partial charge in [-0.3, -0.25) is 14.6 Å². The topological polar surface area (TPSA) is 62.3 Å².